The van der Waals surface area contributed by atoms with Crippen LogP contribution in [0.5, 0.6) is 5.75 Å². The normalized spacial score (nSPS) is 15.1. The second kappa shape index (κ2) is 9.15. The number of hydrogen-bond acceptors (Lipinski definition) is 4. The Hall–Kier alpha value is -3.78. The Morgan fingerprint density at radius 2 is 1.62 bits per heavy atom. The van der Waals surface area contributed by atoms with Gasteiger partial charge in [0.2, 0.25) is 0 Å². The maximum Gasteiger partial charge on any atom is 0.335 e. The molecule has 1 fully saturated rings. The van der Waals surface area contributed by atoms with Gasteiger partial charge in [-0.2, -0.15) is 0 Å². The summed E-state index contributed by atoms with van der Waals surface area (Å²) in [6.07, 6.45) is 1.40. The first-order chi connectivity index (χ1) is 15.4. The lowest BCUT2D eigenvalue weighted by Gasteiger charge is -2.26. The highest BCUT2D eigenvalue weighted by Gasteiger charge is 2.36. The zero-order valence-corrected chi connectivity index (χ0v) is 18.1. The van der Waals surface area contributed by atoms with Crippen LogP contribution in [0.25, 0.3) is 6.08 Å². The van der Waals surface area contributed by atoms with Crippen LogP contribution in [0.1, 0.15) is 11.1 Å². The average Bonchev–Trinajstić information content (AvgIpc) is 2.78. The Balaban J connectivity index is 1.52. The molecule has 8 heteroatoms. The molecular weight excluding hydrogens is 479 g/mol. The van der Waals surface area contributed by atoms with Gasteiger partial charge in [0.25, 0.3) is 11.8 Å². The fraction of sp³-hybridized carbons (Fsp3) is 0.0417. The van der Waals surface area contributed by atoms with Crippen LogP contribution < -0.4 is 15.0 Å². The Bertz CT molecular complexity index is 1220. The average molecular weight is 495 g/mol. The van der Waals surface area contributed by atoms with Crippen molar-refractivity contribution in [3.63, 3.8) is 0 Å². The summed E-state index contributed by atoms with van der Waals surface area (Å²) >= 11 is 3.30. The lowest BCUT2D eigenvalue weighted by Crippen LogP contribution is -2.54. The molecule has 0 bridgehead atoms. The predicted octanol–water partition coefficient (Wildman–Crippen LogP) is 4.83. The molecule has 0 radical (unpaired) electrons. The number of nitrogens with one attached hydrogen (secondary N) is 1. The summed E-state index contributed by atoms with van der Waals surface area (Å²) in [5.41, 5.74) is 1.16. The van der Waals surface area contributed by atoms with E-state index in [0.717, 1.165) is 9.37 Å². The van der Waals surface area contributed by atoms with E-state index in [0.29, 0.717) is 22.6 Å². The fourth-order valence-corrected chi connectivity index (χ4v) is 3.35. The maximum absolute atomic E-state index is 13.7. The SMILES string of the molecule is O=C1NC(=O)N(c2ccc(Br)cc2)C(=O)/C1=C\c1ccc(OCc2ccccc2F)cc1. The molecule has 160 valence electrons. The molecule has 1 saturated heterocycles. The molecule has 0 aromatic heterocycles. The number of urea groups is 1. The minimum atomic E-state index is -0.809. The van der Waals surface area contributed by atoms with Gasteiger partial charge in [-0.15, -0.1) is 0 Å². The summed E-state index contributed by atoms with van der Waals surface area (Å²) in [5.74, 6) is -1.34. The van der Waals surface area contributed by atoms with E-state index in [1.54, 1.807) is 66.7 Å². The van der Waals surface area contributed by atoms with Crippen molar-refractivity contribution >= 4 is 45.5 Å². The molecule has 1 aliphatic rings. The van der Waals surface area contributed by atoms with Gasteiger partial charge in [-0.05, 0) is 54.1 Å². The standard InChI is InChI=1S/C24H16BrFN2O4/c25-17-7-9-18(10-8-17)28-23(30)20(22(29)27-24(28)31)13-15-5-11-19(12-6-15)32-14-16-3-1-2-4-21(16)26/h1-13H,14H2,(H,27,29,31)/b20-13-. The number of hydrogen-bond donors (Lipinski definition) is 1. The number of carbonyl (C=O) groups excluding carboxylic acids is 3. The van der Waals surface area contributed by atoms with Gasteiger partial charge in [-0.1, -0.05) is 46.3 Å². The van der Waals surface area contributed by atoms with E-state index in [1.807, 2.05) is 0 Å². The van der Waals surface area contributed by atoms with E-state index in [-0.39, 0.29) is 18.0 Å². The third kappa shape index (κ3) is 4.60. The molecule has 0 saturated carbocycles. The van der Waals surface area contributed by atoms with Gasteiger partial charge in [-0.3, -0.25) is 14.9 Å². The lowest BCUT2D eigenvalue weighted by molar-refractivity contribution is -0.122. The summed E-state index contributed by atoms with van der Waals surface area (Å²) in [6.45, 7) is 0.0677. The van der Waals surface area contributed by atoms with Crippen molar-refractivity contribution in [2.75, 3.05) is 4.90 Å². The van der Waals surface area contributed by atoms with Crippen molar-refractivity contribution in [2.45, 2.75) is 6.61 Å². The lowest BCUT2D eigenvalue weighted by atomic mass is 10.1. The first-order valence-corrected chi connectivity index (χ1v) is 10.3. The van der Waals surface area contributed by atoms with Gasteiger partial charge in [0.1, 0.15) is 23.7 Å². The number of barbiturate groups is 1. The van der Waals surface area contributed by atoms with Crippen molar-refractivity contribution in [1.82, 2.24) is 5.32 Å². The molecule has 6 nitrogen and oxygen atoms in total. The molecule has 0 atom stereocenters. The second-order valence-electron chi connectivity index (χ2n) is 6.88. The molecule has 4 amide bonds. The largest absolute Gasteiger partial charge is 0.489 e. The molecule has 3 aromatic rings. The first kappa shape index (κ1) is 21.5. The van der Waals surface area contributed by atoms with E-state index >= 15 is 0 Å². The van der Waals surface area contributed by atoms with E-state index in [2.05, 4.69) is 21.2 Å². The van der Waals surface area contributed by atoms with Crippen LogP contribution in [0.15, 0.2) is 82.8 Å². The molecule has 1 aliphatic heterocycles. The van der Waals surface area contributed by atoms with Crippen LogP contribution in [0.3, 0.4) is 0 Å². The van der Waals surface area contributed by atoms with Gasteiger partial charge < -0.3 is 4.74 Å². The number of imide groups is 2. The van der Waals surface area contributed by atoms with Gasteiger partial charge >= 0.3 is 6.03 Å². The number of anilines is 1. The number of nitrogens with zero attached hydrogens (tertiary/aromatic N) is 1. The minimum absolute atomic E-state index is 0.0677. The monoisotopic (exact) mass is 494 g/mol. The van der Waals surface area contributed by atoms with Crippen molar-refractivity contribution in [3.05, 3.63) is 99.8 Å². The second-order valence-corrected chi connectivity index (χ2v) is 7.80. The van der Waals surface area contributed by atoms with E-state index < -0.39 is 17.8 Å². The van der Waals surface area contributed by atoms with Crippen molar-refractivity contribution < 1.29 is 23.5 Å². The van der Waals surface area contributed by atoms with Crippen LogP contribution >= 0.6 is 15.9 Å². The topological polar surface area (TPSA) is 75.7 Å². The third-order valence-electron chi connectivity index (χ3n) is 4.73. The third-order valence-corrected chi connectivity index (χ3v) is 5.26. The van der Waals surface area contributed by atoms with Crippen LogP contribution in [-0.4, -0.2) is 17.8 Å². The zero-order chi connectivity index (χ0) is 22.7. The number of carbonyl (C=O) groups is 3. The molecule has 0 spiro atoms. The predicted molar refractivity (Wildman–Crippen MR) is 120 cm³/mol. The van der Waals surface area contributed by atoms with Crippen LogP contribution in [0.4, 0.5) is 14.9 Å². The summed E-state index contributed by atoms with van der Waals surface area (Å²) in [5, 5.41) is 2.19. The van der Waals surface area contributed by atoms with Gasteiger partial charge in [-0.25, -0.2) is 14.1 Å². The van der Waals surface area contributed by atoms with Crippen molar-refractivity contribution in [1.29, 1.82) is 0 Å². The van der Waals surface area contributed by atoms with Crippen molar-refractivity contribution in [2.24, 2.45) is 0 Å². The van der Waals surface area contributed by atoms with Gasteiger partial charge in [0.05, 0.1) is 5.69 Å². The smallest absolute Gasteiger partial charge is 0.335 e. The molecule has 1 heterocycles. The Kier molecular flexibility index (Phi) is 6.13. The van der Waals surface area contributed by atoms with Crippen LogP contribution in [0.2, 0.25) is 0 Å². The maximum atomic E-state index is 13.7. The quantitative estimate of drug-likeness (QED) is 0.407. The fourth-order valence-electron chi connectivity index (χ4n) is 3.09. The molecular formula is C24H16BrFN2O4. The minimum Gasteiger partial charge on any atom is -0.489 e. The van der Waals surface area contributed by atoms with E-state index in [4.69, 9.17) is 4.74 Å². The van der Waals surface area contributed by atoms with Gasteiger partial charge in [0.15, 0.2) is 0 Å². The number of rotatable bonds is 5. The Labute approximate surface area is 191 Å². The summed E-state index contributed by atoms with van der Waals surface area (Å²) < 4.78 is 20.1. The molecule has 0 unspecified atom stereocenters. The van der Waals surface area contributed by atoms with E-state index in [1.165, 1.54) is 12.1 Å². The molecule has 1 N–H and O–H groups in total. The van der Waals surface area contributed by atoms with Crippen LogP contribution in [0, 0.1) is 5.82 Å². The van der Waals surface area contributed by atoms with Crippen molar-refractivity contribution in [3.8, 4) is 5.75 Å². The highest BCUT2D eigenvalue weighted by Crippen LogP contribution is 2.24. The zero-order valence-electron chi connectivity index (χ0n) is 16.5. The molecule has 4 rings (SSSR count). The van der Waals surface area contributed by atoms with E-state index in [9.17, 15) is 18.8 Å². The number of benzene rings is 3. The summed E-state index contributed by atoms with van der Waals surface area (Å²) in [4.78, 5) is 38.3. The highest BCUT2D eigenvalue weighted by molar-refractivity contribution is 9.10. The summed E-state index contributed by atoms with van der Waals surface area (Å²) in [6, 6.07) is 18.7. The first-order valence-electron chi connectivity index (χ1n) is 9.55. The summed E-state index contributed by atoms with van der Waals surface area (Å²) in [7, 11) is 0. The number of halogens is 2. The Morgan fingerprint density at radius 3 is 2.31 bits per heavy atom. The van der Waals surface area contributed by atoms with Gasteiger partial charge in [0, 0.05) is 10.0 Å². The Morgan fingerprint density at radius 1 is 0.938 bits per heavy atom. The molecule has 0 aliphatic carbocycles. The molecule has 32 heavy (non-hydrogen) atoms. The number of ether oxygens (including phenoxy) is 1. The number of amides is 4. The molecule has 3 aromatic carbocycles. The highest BCUT2D eigenvalue weighted by atomic mass is 79.9. The van der Waals surface area contributed by atoms with Crippen LogP contribution in [-0.2, 0) is 16.2 Å².